The smallest absolute Gasteiger partial charge is 0.248 e. The first-order valence-corrected chi connectivity index (χ1v) is 9.09. The zero-order valence-electron chi connectivity index (χ0n) is 16.6. The van der Waals surface area contributed by atoms with Crippen LogP contribution in [0.1, 0.15) is 5.56 Å². The van der Waals surface area contributed by atoms with Crippen LogP contribution in [0.15, 0.2) is 72.8 Å². The molecule has 0 saturated heterocycles. The third-order valence-corrected chi connectivity index (χ3v) is 4.37. The van der Waals surface area contributed by atoms with Crippen LogP contribution in [0.2, 0.25) is 0 Å². The second-order valence-electron chi connectivity index (χ2n) is 6.22. The van der Waals surface area contributed by atoms with Gasteiger partial charge in [-0.25, -0.2) is 0 Å². The summed E-state index contributed by atoms with van der Waals surface area (Å²) in [6, 6.07) is 21.4. The van der Waals surface area contributed by atoms with Crippen molar-refractivity contribution in [2.24, 2.45) is 0 Å². The first-order chi connectivity index (χ1) is 14.1. The number of methoxy groups -OCH3 is 3. The van der Waals surface area contributed by atoms with Crippen LogP contribution in [0.4, 0.5) is 5.69 Å². The molecule has 3 rings (SSSR count). The topological polar surface area (TPSA) is 56.8 Å². The van der Waals surface area contributed by atoms with Gasteiger partial charge >= 0.3 is 0 Å². The highest BCUT2D eigenvalue weighted by Crippen LogP contribution is 2.38. The zero-order valence-corrected chi connectivity index (χ0v) is 16.6. The van der Waals surface area contributed by atoms with Crippen molar-refractivity contribution >= 4 is 17.7 Å². The van der Waals surface area contributed by atoms with Gasteiger partial charge in [0.2, 0.25) is 11.7 Å². The van der Waals surface area contributed by atoms with Crippen molar-refractivity contribution in [2.45, 2.75) is 0 Å². The van der Waals surface area contributed by atoms with Gasteiger partial charge in [-0.3, -0.25) is 4.79 Å². The fourth-order valence-electron chi connectivity index (χ4n) is 2.93. The number of carbonyl (C=O) groups excluding carboxylic acids is 1. The number of anilines is 1. The van der Waals surface area contributed by atoms with Crippen molar-refractivity contribution < 1.29 is 19.0 Å². The van der Waals surface area contributed by atoms with Gasteiger partial charge in [0, 0.05) is 11.8 Å². The first kappa shape index (κ1) is 20.0. The number of ether oxygens (including phenoxy) is 3. The van der Waals surface area contributed by atoms with Gasteiger partial charge in [0.1, 0.15) is 0 Å². The molecule has 5 nitrogen and oxygen atoms in total. The van der Waals surface area contributed by atoms with E-state index in [1.165, 1.54) is 6.08 Å². The summed E-state index contributed by atoms with van der Waals surface area (Å²) < 4.78 is 16.0. The molecule has 0 heterocycles. The van der Waals surface area contributed by atoms with E-state index in [1.54, 1.807) is 39.5 Å². The maximum Gasteiger partial charge on any atom is 0.248 e. The Hall–Kier alpha value is -3.73. The Balaban J connectivity index is 1.70. The van der Waals surface area contributed by atoms with Crippen LogP contribution in [-0.2, 0) is 4.79 Å². The Morgan fingerprint density at radius 2 is 1.38 bits per heavy atom. The van der Waals surface area contributed by atoms with E-state index in [1.807, 2.05) is 54.6 Å². The highest BCUT2D eigenvalue weighted by molar-refractivity contribution is 6.02. The van der Waals surface area contributed by atoms with Crippen LogP contribution in [-0.4, -0.2) is 27.2 Å². The molecule has 0 saturated carbocycles. The fourth-order valence-corrected chi connectivity index (χ4v) is 2.93. The summed E-state index contributed by atoms with van der Waals surface area (Å²) in [6.45, 7) is 0. The van der Waals surface area contributed by atoms with E-state index in [0.717, 1.165) is 22.4 Å². The number of amides is 1. The van der Waals surface area contributed by atoms with Crippen molar-refractivity contribution in [3.05, 3.63) is 78.4 Å². The van der Waals surface area contributed by atoms with Crippen LogP contribution >= 0.6 is 0 Å². The minimum Gasteiger partial charge on any atom is -0.493 e. The van der Waals surface area contributed by atoms with Crippen LogP contribution in [0.5, 0.6) is 17.2 Å². The van der Waals surface area contributed by atoms with Gasteiger partial charge in [-0.15, -0.1) is 0 Å². The molecule has 3 aromatic rings. The quantitative estimate of drug-likeness (QED) is 0.576. The lowest BCUT2D eigenvalue weighted by atomic mass is 10.1. The Kier molecular flexibility index (Phi) is 6.53. The average Bonchev–Trinajstić information content (AvgIpc) is 2.78. The lowest BCUT2D eigenvalue weighted by Crippen LogP contribution is -2.07. The summed E-state index contributed by atoms with van der Waals surface area (Å²) in [5.41, 5.74) is 3.71. The lowest BCUT2D eigenvalue weighted by molar-refractivity contribution is -0.111. The van der Waals surface area contributed by atoms with E-state index in [2.05, 4.69) is 5.32 Å². The second-order valence-corrected chi connectivity index (χ2v) is 6.22. The Bertz CT molecular complexity index is 970. The Labute approximate surface area is 170 Å². The third kappa shape index (κ3) is 4.96. The molecule has 0 radical (unpaired) electrons. The predicted molar refractivity (Wildman–Crippen MR) is 116 cm³/mol. The van der Waals surface area contributed by atoms with Crippen LogP contribution in [0.3, 0.4) is 0 Å². The fraction of sp³-hybridized carbons (Fsp3) is 0.125. The summed E-state index contributed by atoms with van der Waals surface area (Å²) in [5.74, 6) is 1.34. The van der Waals surface area contributed by atoms with Crippen LogP contribution in [0.25, 0.3) is 17.2 Å². The molecular weight excluding hydrogens is 366 g/mol. The number of nitrogens with one attached hydrogen (secondary N) is 1. The normalized spacial score (nSPS) is 10.6. The highest BCUT2D eigenvalue weighted by Gasteiger charge is 2.12. The molecule has 29 heavy (non-hydrogen) atoms. The summed E-state index contributed by atoms with van der Waals surface area (Å²) >= 11 is 0. The molecule has 5 heteroatoms. The molecule has 148 valence electrons. The van der Waals surface area contributed by atoms with Gasteiger partial charge < -0.3 is 19.5 Å². The largest absolute Gasteiger partial charge is 0.493 e. The maximum atomic E-state index is 12.3. The first-order valence-electron chi connectivity index (χ1n) is 9.09. The number of carbonyl (C=O) groups is 1. The third-order valence-electron chi connectivity index (χ3n) is 4.37. The molecule has 0 unspecified atom stereocenters. The minimum atomic E-state index is -0.230. The molecule has 0 spiro atoms. The van der Waals surface area contributed by atoms with Crippen LogP contribution < -0.4 is 19.5 Å². The van der Waals surface area contributed by atoms with Gasteiger partial charge in [-0.2, -0.15) is 0 Å². The van der Waals surface area contributed by atoms with Crippen molar-refractivity contribution in [2.75, 3.05) is 26.6 Å². The molecule has 0 atom stereocenters. The molecule has 0 aliphatic rings. The van der Waals surface area contributed by atoms with Crippen molar-refractivity contribution in [1.82, 2.24) is 0 Å². The molecule has 0 aromatic heterocycles. The number of benzene rings is 3. The van der Waals surface area contributed by atoms with E-state index in [-0.39, 0.29) is 5.91 Å². The highest BCUT2D eigenvalue weighted by atomic mass is 16.5. The summed E-state index contributed by atoms with van der Waals surface area (Å²) in [4.78, 5) is 12.3. The van der Waals surface area contributed by atoms with Gasteiger partial charge in [-0.05, 0) is 47.0 Å². The number of rotatable bonds is 7. The summed E-state index contributed by atoms with van der Waals surface area (Å²) in [6.07, 6.45) is 3.16. The monoisotopic (exact) mass is 389 g/mol. The van der Waals surface area contributed by atoms with Crippen LogP contribution in [0, 0.1) is 0 Å². The number of hydrogen-bond donors (Lipinski definition) is 1. The molecule has 1 amide bonds. The SMILES string of the molecule is COc1cc(/C=C/C(=O)Nc2ccc(-c3ccccc3)cc2)cc(OC)c1OC. The van der Waals surface area contributed by atoms with Crippen molar-refractivity contribution in [1.29, 1.82) is 0 Å². The van der Waals surface area contributed by atoms with E-state index < -0.39 is 0 Å². The lowest BCUT2D eigenvalue weighted by Gasteiger charge is -2.12. The summed E-state index contributed by atoms with van der Waals surface area (Å²) in [7, 11) is 4.65. The standard InChI is InChI=1S/C24H23NO4/c1-27-21-15-17(16-22(28-2)24(21)29-3)9-14-23(26)25-20-12-10-19(11-13-20)18-7-5-4-6-8-18/h4-16H,1-3H3,(H,25,26)/b14-9+. The van der Waals surface area contributed by atoms with E-state index in [9.17, 15) is 4.79 Å². The van der Waals surface area contributed by atoms with E-state index in [4.69, 9.17) is 14.2 Å². The Morgan fingerprint density at radius 3 is 1.93 bits per heavy atom. The molecular formula is C24H23NO4. The van der Waals surface area contributed by atoms with E-state index >= 15 is 0 Å². The second kappa shape index (κ2) is 9.46. The molecule has 0 bridgehead atoms. The zero-order chi connectivity index (χ0) is 20.6. The molecule has 1 N–H and O–H groups in total. The van der Waals surface area contributed by atoms with Crippen molar-refractivity contribution in [3.63, 3.8) is 0 Å². The van der Waals surface area contributed by atoms with Gasteiger partial charge in [0.05, 0.1) is 21.3 Å². The molecule has 0 aliphatic heterocycles. The molecule has 0 fully saturated rings. The number of hydrogen-bond acceptors (Lipinski definition) is 4. The predicted octanol–water partition coefficient (Wildman–Crippen LogP) is 5.03. The maximum absolute atomic E-state index is 12.3. The van der Waals surface area contributed by atoms with Gasteiger partial charge in [0.15, 0.2) is 11.5 Å². The molecule has 3 aromatic carbocycles. The summed E-state index contributed by atoms with van der Waals surface area (Å²) in [5, 5.41) is 2.86. The van der Waals surface area contributed by atoms with Gasteiger partial charge in [-0.1, -0.05) is 42.5 Å². The Morgan fingerprint density at radius 1 is 0.793 bits per heavy atom. The minimum absolute atomic E-state index is 0.230. The van der Waals surface area contributed by atoms with Gasteiger partial charge in [0.25, 0.3) is 0 Å². The average molecular weight is 389 g/mol. The molecule has 0 aliphatic carbocycles. The van der Waals surface area contributed by atoms with Crippen molar-refractivity contribution in [3.8, 4) is 28.4 Å². The van der Waals surface area contributed by atoms with E-state index in [0.29, 0.717) is 17.2 Å².